The van der Waals surface area contributed by atoms with Crippen molar-refractivity contribution in [2.24, 2.45) is 0 Å². The zero-order chi connectivity index (χ0) is 17.9. The molecular weight excluding hydrogens is 371 g/mol. The fraction of sp³-hybridized carbons (Fsp3) is 0.438. The second kappa shape index (κ2) is 7.87. The van der Waals surface area contributed by atoms with Crippen LogP contribution in [0.2, 0.25) is 10.0 Å². The SMILES string of the molecule is CC(C)NS(=O)(=O)C1CCN(C(=O)C=Cc2c(Cl)cccc2Cl)C1. The third kappa shape index (κ3) is 4.72. The van der Waals surface area contributed by atoms with Crippen LogP contribution in [-0.2, 0) is 14.8 Å². The second-order valence-electron chi connectivity index (χ2n) is 5.98. The van der Waals surface area contributed by atoms with Gasteiger partial charge < -0.3 is 4.90 Å². The van der Waals surface area contributed by atoms with E-state index in [-0.39, 0.29) is 18.5 Å². The van der Waals surface area contributed by atoms with Crippen molar-refractivity contribution in [2.45, 2.75) is 31.6 Å². The van der Waals surface area contributed by atoms with Crippen molar-refractivity contribution in [1.29, 1.82) is 0 Å². The molecule has 1 aromatic rings. The highest BCUT2D eigenvalue weighted by Gasteiger charge is 2.34. The van der Waals surface area contributed by atoms with E-state index >= 15 is 0 Å². The molecule has 1 amide bonds. The second-order valence-corrected chi connectivity index (χ2v) is 8.79. The number of carbonyl (C=O) groups is 1. The number of hydrogen-bond donors (Lipinski definition) is 1. The number of hydrogen-bond acceptors (Lipinski definition) is 3. The van der Waals surface area contributed by atoms with E-state index in [1.54, 1.807) is 38.1 Å². The fourth-order valence-corrected chi connectivity index (χ4v) is 4.70. The molecule has 0 aromatic heterocycles. The Morgan fingerprint density at radius 3 is 2.54 bits per heavy atom. The number of nitrogens with one attached hydrogen (secondary N) is 1. The van der Waals surface area contributed by atoms with Gasteiger partial charge in [-0.1, -0.05) is 29.3 Å². The number of nitrogens with zero attached hydrogens (tertiary/aromatic N) is 1. The van der Waals surface area contributed by atoms with Gasteiger partial charge in [0.15, 0.2) is 0 Å². The topological polar surface area (TPSA) is 66.5 Å². The van der Waals surface area contributed by atoms with Crippen LogP contribution in [0.4, 0.5) is 0 Å². The first kappa shape index (κ1) is 19.2. The zero-order valence-electron chi connectivity index (χ0n) is 13.5. The molecule has 0 spiro atoms. The van der Waals surface area contributed by atoms with Crippen LogP contribution in [-0.4, -0.2) is 43.6 Å². The normalized spacial score (nSPS) is 18.7. The molecule has 1 saturated heterocycles. The molecule has 2 rings (SSSR count). The smallest absolute Gasteiger partial charge is 0.246 e. The molecule has 132 valence electrons. The summed E-state index contributed by atoms with van der Waals surface area (Å²) in [5, 5.41) is 0.324. The van der Waals surface area contributed by atoms with Crippen molar-refractivity contribution in [1.82, 2.24) is 9.62 Å². The lowest BCUT2D eigenvalue weighted by atomic mass is 10.2. The first-order chi connectivity index (χ1) is 11.2. The Labute approximate surface area is 152 Å². The molecule has 1 aliphatic rings. The van der Waals surface area contributed by atoms with Gasteiger partial charge >= 0.3 is 0 Å². The van der Waals surface area contributed by atoms with E-state index in [0.717, 1.165) is 0 Å². The van der Waals surface area contributed by atoms with Gasteiger partial charge in [-0.15, -0.1) is 0 Å². The summed E-state index contributed by atoms with van der Waals surface area (Å²) in [7, 11) is -3.42. The summed E-state index contributed by atoms with van der Waals surface area (Å²) < 4.78 is 26.9. The number of sulfonamides is 1. The minimum absolute atomic E-state index is 0.165. The summed E-state index contributed by atoms with van der Waals surface area (Å²) in [6.45, 7) is 4.13. The number of amides is 1. The lowest BCUT2D eigenvalue weighted by molar-refractivity contribution is -0.124. The molecule has 5 nitrogen and oxygen atoms in total. The predicted molar refractivity (Wildman–Crippen MR) is 97.7 cm³/mol. The van der Waals surface area contributed by atoms with Crippen LogP contribution in [0.25, 0.3) is 6.08 Å². The van der Waals surface area contributed by atoms with E-state index in [0.29, 0.717) is 28.6 Å². The highest BCUT2D eigenvalue weighted by molar-refractivity contribution is 7.90. The van der Waals surface area contributed by atoms with Gasteiger partial charge in [0.25, 0.3) is 0 Å². The van der Waals surface area contributed by atoms with Gasteiger partial charge in [0.1, 0.15) is 0 Å². The van der Waals surface area contributed by atoms with E-state index in [9.17, 15) is 13.2 Å². The van der Waals surface area contributed by atoms with Gasteiger partial charge in [-0.2, -0.15) is 0 Å². The maximum Gasteiger partial charge on any atom is 0.246 e. The first-order valence-corrected chi connectivity index (χ1v) is 9.93. The minimum Gasteiger partial charge on any atom is -0.338 e. The molecule has 0 saturated carbocycles. The Kier molecular flexibility index (Phi) is 6.31. The van der Waals surface area contributed by atoms with E-state index in [4.69, 9.17) is 23.2 Å². The lowest BCUT2D eigenvalue weighted by Crippen LogP contribution is -2.40. The zero-order valence-corrected chi connectivity index (χ0v) is 15.8. The molecule has 1 N–H and O–H groups in total. The van der Waals surface area contributed by atoms with Gasteiger partial charge in [0.05, 0.1) is 5.25 Å². The molecule has 24 heavy (non-hydrogen) atoms. The van der Waals surface area contributed by atoms with Crippen molar-refractivity contribution < 1.29 is 13.2 Å². The van der Waals surface area contributed by atoms with E-state index in [1.165, 1.54) is 11.0 Å². The van der Waals surface area contributed by atoms with Crippen molar-refractivity contribution in [3.05, 3.63) is 39.9 Å². The molecule has 0 bridgehead atoms. The molecule has 0 aliphatic carbocycles. The van der Waals surface area contributed by atoms with Crippen LogP contribution in [0.3, 0.4) is 0 Å². The first-order valence-electron chi connectivity index (χ1n) is 7.63. The number of rotatable bonds is 5. The Morgan fingerprint density at radius 1 is 1.33 bits per heavy atom. The van der Waals surface area contributed by atoms with Crippen molar-refractivity contribution in [3.63, 3.8) is 0 Å². The molecular formula is C16H20Cl2N2O3S. The van der Waals surface area contributed by atoms with Gasteiger partial charge in [0, 0.05) is 40.8 Å². The summed E-state index contributed by atoms with van der Waals surface area (Å²) in [5.74, 6) is -0.256. The van der Waals surface area contributed by atoms with Crippen molar-refractivity contribution in [2.75, 3.05) is 13.1 Å². The number of benzene rings is 1. The highest BCUT2D eigenvalue weighted by atomic mass is 35.5. The summed E-state index contributed by atoms with van der Waals surface area (Å²) >= 11 is 12.1. The van der Waals surface area contributed by atoms with Crippen LogP contribution in [0.5, 0.6) is 0 Å². The molecule has 8 heteroatoms. The van der Waals surface area contributed by atoms with Gasteiger partial charge in [0.2, 0.25) is 15.9 Å². The summed E-state index contributed by atoms with van der Waals surface area (Å²) in [6.07, 6.45) is 3.35. The summed E-state index contributed by atoms with van der Waals surface area (Å²) in [6, 6.07) is 4.94. The molecule has 1 atom stereocenters. The number of halogens is 2. The Hall–Kier alpha value is -1.08. The molecule has 1 aliphatic heterocycles. The van der Waals surface area contributed by atoms with Crippen LogP contribution < -0.4 is 4.72 Å². The van der Waals surface area contributed by atoms with Crippen molar-refractivity contribution in [3.8, 4) is 0 Å². The third-order valence-electron chi connectivity index (χ3n) is 3.69. The highest BCUT2D eigenvalue weighted by Crippen LogP contribution is 2.25. The van der Waals surface area contributed by atoms with Crippen molar-refractivity contribution >= 4 is 45.2 Å². The minimum atomic E-state index is -3.42. The fourth-order valence-electron chi connectivity index (χ4n) is 2.54. The van der Waals surface area contributed by atoms with Gasteiger partial charge in [-0.25, -0.2) is 13.1 Å². The van der Waals surface area contributed by atoms with Crippen LogP contribution in [0, 0.1) is 0 Å². The maximum absolute atomic E-state index is 12.3. The number of carbonyl (C=O) groups excluding carboxylic acids is 1. The quantitative estimate of drug-likeness (QED) is 0.785. The van der Waals surface area contributed by atoms with Gasteiger partial charge in [-0.3, -0.25) is 4.79 Å². The molecule has 1 unspecified atom stereocenters. The maximum atomic E-state index is 12.3. The average molecular weight is 391 g/mol. The van der Waals surface area contributed by atoms with Crippen LogP contribution in [0.15, 0.2) is 24.3 Å². The average Bonchev–Trinajstić information content (AvgIpc) is 2.96. The lowest BCUT2D eigenvalue weighted by Gasteiger charge is -2.16. The molecule has 1 heterocycles. The molecule has 1 fully saturated rings. The third-order valence-corrected chi connectivity index (χ3v) is 6.41. The Morgan fingerprint density at radius 2 is 1.96 bits per heavy atom. The standard InChI is InChI=1S/C16H20Cl2N2O3S/c1-11(2)19-24(22,23)12-8-9-20(10-12)16(21)7-6-13-14(17)4-3-5-15(13)18/h3-7,11-12,19H,8-10H2,1-2H3. The molecule has 0 radical (unpaired) electrons. The summed E-state index contributed by atoms with van der Waals surface area (Å²) in [4.78, 5) is 13.8. The monoisotopic (exact) mass is 390 g/mol. The van der Waals surface area contributed by atoms with E-state index in [2.05, 4.69) is 4.72 Å². The van der Waals surface area contributed by atoms with E-state index in [1.807, 2.05) is 0 Å². The predicted octanol–water partition coefficient (Wildman–Crippen LogP) is 2.94. The Bertz CT molecular complexity index is 727. The molecule has 1 aromatic carbocycles. The van der Waals surface area contributed by atoms with Crippen LogP contribution in [0.1, 0.15) is 25.8 Å². The van der Waals surface area contributed by atoms with E-state index < -0.39 is 15.3 Å². The number of likely N-dealkylation sites (tertiary alicyclic amines) is 1. The van der Waals surface area contributed by atoms with Crippen LogP contribution >= 0.6 is 23.2 Å². The Balaban J connectivity index is 2.04. The van der Waals surface area contributed by atoms with Gasteiger partial charge in [-0.05, 0) is 38.5 Å². The largest absolute Gasteiger partial charge is 0.338 e. The summed E-state index contributed by atoms with van der Waals surface area (Å²) in [5.41, 5.74) is 0.569.